The van der Waals surface area contributed by atoms with Gasteiger partial charge in [-0.15, -0.1) is 0 Å². The molecule has 0 aromatic heterocycles. The van der Waals surface area contributed by atoms with Gasteiger partial charge in [-0.05, 0) is 11.1 Å². The minimum Gasteiger partial charge on any atom is -0.385 e. The zero-order valence-corrected chi connectivity index (χ0v) is 10.9. The van der Waals surface area contributed by atoms with E-state index in [0.717, 1.165) is 5.56 Å². The van der Waals surface area contributed by atoms with Gasteiger partial charge in [-0.2, -0.15) is 0 Å². The predicted molar refractivity (Wildman–Crippen MR) is 75.7 cm³/mol. The van der Waals surface area contributed by atoms with Crippen molar-refractivity contribution in [1.82, 2.24) is 5.32 Å². The maximum Gasteiger partial charge on any atom is 0.252 e. The molecule has 1 amide bonds. The number of hydrogen-bond acceptors (Lipinski definition) is 3. The summed E-state index contributed by atoms with van der Waals surface area (Å²) in [5, 5.41) is 22.4. The van der Waals surface area contributed by atoms with Crippen molar-refractivity contribution in [1.29, 1.82) is 0 Å². The molecule has 0 fully saturated rings. The first-order chi connectivity index (χ1) is 9.68. The molecule has 0 heterocycles. The summed E-state index contributed by atoms with van der Waals surface area (Å²) in [5.74, 6) is -0.592. The van der Waals surface area contributed by atoms with Gasteiger partial charge in [-0.1, -0.05) is 60.7 Å². The van der Waals surface area contributed by atoms with E-state index in [2.05, 4.69) is 5.32 Å². The lowest BCUT2D eigenvalue weighted by atomic mass is 10.0. The molecule has 0 saturated carbocycles. The first-order valence-electron chi connectivity index (χ1n) is 6.41. The number of aliphatic hydroxyl groups excluding tert-OH is 2. The van der Waals surface area contributed by atoms with Crippen LogP contribution in [-0.4, -0.2) is 22.2 Å². The van der Waals surface area contributed by atoms with Crippen LogP contribution in [0.1, 0.15) is 17.2 Å². The van der Waals surface area contributed by atoms with Gasteiger partial charge in [0.05, 0.1) is 0 Å². The normalized spacial score (nSPS) is 13.5. The van der Waals surface area contributed by atoms with E-state index in [-0.39, 0.29) is 0 Å². The van der Waals surface area contributed by atoms with Crippen LogP contribution in [0.15, 0.2) is 60.7 Å². The Balaban J connectivity index is 1.92. The number of nitrogens with one attached hydrogen (secondary N) is 1. The topological polar surface area (TPSA) is 69.6 Å². The first-order valence-corrected chi connectivity index (χ1v) is 6.41. The number of amides is 1. The monoisotopic (exact) mass is 271 g/mol. The van der Waals surface area contributed by atoms with Crippen molar-refractivity contribution in [3.8, 4) is 0 Å². The maximum atomic E-state index is 11.8. The number of aliphatic hydroxyl groups is 2. The standard InChI is InChI=1S/C16H17NO3/c18-14(13-9-5-2-6-10-13)15(19)16(20)17-11-12-7-3-1-4-8-12/h1-10,14-15,18-19H,11H2,(H,17,20)/t14-,15-/m1/s1. The molecule has 104 valence electrons. The van der Waals surface area contributed by atoms with E-state index in [1.807, 2.05) is 30.3 Å². The van der Waals surface area contributed by atoms with E-state index in [1.54, 1.807) is 30.3 Å². The Bertz CT molecular complexity index is 542. The highest BCUT2D eigenvalue weighted by atomic mass is 16.3. The number of carbonyl (C=O) groups excluding carboxylic acids is 1. The lowest BCUT2D eigenvalue weighted by Crippen LogP contribution is -2.38. The van der Waals surface area contributed by atoms with Gasteiger partial charge in [-0.3, -0.25) is 4.79 Å². The summed E-state index contributed by atoms with van der Waals surface area (Å²) in [7, 11) is 0. The van der Waals surface area contributed by atoms with Gasteiger partial charge < -0.3 is 15.5 Å². The fourth-order valence-electron chi connectivity index (χ4n) is 1.87. The smallest absolute Gasteiger partial charge is 0.252 e. The van der Waals surface area contributed by atoms with Gasteiger partial charge in [-0.25, -0.2) is 0 Å². The molecule has 2 rings (SSSR count). The Morgan fingerprint density at radius 1 is 0.950 bits per heavy atom. The average Bonchev–Trinajstić information content (AvgIpc) is 2.53. The Kier molecular flexibility index (Phi) is 4.87. The Morgan fingerprint density at radius 3 is 2.10 bits per heavy atom. The van der Waals surface area contributed by atoms with Crippen LogP contribution in [0.25, 0.3) is 0 Å². The first kappa shape index (κ1) is 14.2. The summed E-state index contributed by atoms with van der Waals surface area (Å²) >= 11 is 0. The molecule has 0 saturated heterocycles. The molecule has 4 nitrogen and oxygen atoms in total. The molecule has 0 spiro atoms. The lowest BCUT2D eigenvalue weighted by Gasteiger charge is -2.17. The Morgan fingerprint density at radius 2 is 1.50 bits per heavy atom. The van der Waals surface area contributed by atoms with Crippen LogP contribution in [0.5, 0.6) is 0 Å². The Labute approximate surface area is 117 Å². The summed E-state index contributed by atoms with van der Waals surface area (Å²) in [6.07, 6.45) is -2.71. The summed E-state index contributed by atoms with van der Waals surface area (Å²) in [6, 6.07) is 18.0. The van der Waals surface area contributed by atoms with Crippen LogP contribution in [0.3, 0.4) is 0 Å². The van der Waals surface area contributed by atoms with Crippen molar-refractivity contribution in [2.45, 2.75) is 18.8 Å². The van der Waals surface area contributed by atoms with Crippen LogP contribution in [0.2, 0.25) is 0 Å². The molecular formula is C16H17NO3. The fraction of sp³-hybridized carbons (Fsp3) is 0.188. The van der Waals surface area contributed by atoms with Crippen LogP contribution >= 0.6 is 0 Å². The average molecular weight is 271 g/mol. The molecule has 2 aromatic carbocycles. The molecule has 0 radical (unpaired) electrons. The third-order valence-corrected chi connectivity index (χ3v) is 3.02. The third kappa shape index (κ3) is 3.66. The second kappa shape index (κ2) is 6.84. The fourth-order valence-corrected chi connectivity index (χ4v) is 1.87. The molecule has 3 N–H and O–H groups in total. The highest BCUT2D eigenvalue weighted by Crippen LogP contribution is 2.16. The van der Waals surface area contributed by atoms with Crippen molar-refractivity contribution in [3.63, 3.8) is 0 Å². The zero-order valence-electron chi connectivity index (χ0n) is 10.9. The van der Waals surface area contributed by atoms with E-state index in [0.29, 0.717) is 12.1 Å². The highest BCUT2D eigenvalue weighted by molar-refractivity contribution is 5.81. The van der Waals surface area contributed by atoms with Crippen molar-refractivity contribution < 1.29 is 15.0 Å². The third-order valence-electron chi connectivity index (χ3n) is 3.02. The van der Waals surface area contributed by atoms with E-state index >= 15 is 0 Å². The number of benzene rings is 2. The van der Waals surface area contributed by atoms with Crippen molar-refractivity contribution in [3.05, 3.63) is 71.8 Å². The summed E-state index contributed by atoms with van der Waals surface area (Å²) in [4.78, 5) is 11.8. The van der Waals surface area contributed by atoms with Gasteiger partial charge in [0, 0.05) is 6.54 Å². The molecule has 0 bridgehead atoms. The van der Waals surface area contributed by atoms with E-state index in [1.165, 1.54) is 0 Å². The predicted octanol–water partition coefficient (Wildman–Crippen LogP) is 1.40. The number of rotatable bonds is 5. The number of carbonyl (C=O) groups is 1. The van der Waals surface area contributed by atoms with Gasteiger partial charge in [0.1, 0.15) is 6.10 Å². The van der Waals surface area contributed by atoms with Crippen molar-refractivity contribution in [2.75, 3.05) is 0 Å². The second-order valence-corrected chi connectivity index (χ2v) is 4.50. The Hall–Kier alpha value is -2.17. The van der Waals surface area contributed by atoms with E-state index < -0.39 is 18.1 Å². The van der Waals surface area contributed by atoms with Crippen LogP contribution in [-0.2, 0) is 11.3 Å². The van der Waals surface area contributed by atoms with Crippen molar-refractivity contribution in [2.24, 2.45) is 0 Å². The molecule has 0 aliphatic carbocycles. The van der Waals surface area contributed by atoms with E-state index in [9.17, 15) is 15.0 Å². The highest BCUT2D eigenvalue weighted by Gasteiger charge is 2.25. The molecule has 0 aliphatic heterocycles. The minimum absolute atomic E-state index is 0.318. The van der Waals surface area contributed by atoms with Gasteiger partial charge in [0.2, 0.25) is 0 Å². The zero-order chi connectivity index (χ0) is 14.4. The maximum absolute atomic E-state index is 11.8. The van der Waals surface area contributed by atoms with E-state index in [4.69, 9.17) is 0 Å². The molecule has 0 aliphatic rings. The molecule has 20 heavy (non-hydrogen) atoms. The molecule has 2 atom stereocenters. The van der Waals surface area contributed by atoms with Gasteiger partial charge >= 0.3 is 0 Å². The molecular weight excluding hydrogens is 254 g/mol. The van der Waals surface area contributed by atoms with Gasteiger partial charge in [0.15, 0.2) is 6.10 Å². The second-order valence-electron chi connectivity index (χ2n) is 4.50. The summed E-state index contributed by atoms with van der Waals surface area (Å²) in [5.41, 5.74) is 1.44. The SMILES string of the molecule is O=C(NCc1ccccc1)[C@H](O)[C@H](O)c1ccccc1. The largest absolute Gasteiger partial charge is 0.385 e. The number of hydrogen-bond donors (Lipinski definition) is 3. The summed E-state index contributed by atoms with van der Waals surface area (Å²) < 4.78 is 0. The van der Waals surface area contributed by atoms with Gasteiger partial charge in [0.25, 0.3) is 5.91 Å². The molecule has 2 aromatic rings. The lowest BCUT2D eigenvalue weighted by molar-refractivity contribution is -0.135. The molecule has 0 unspecified atom stereocenters. The minimum atomic E-state index is -1.49. The summed E-state index contributed by atoms with van der Waals surface area (Å²) in [6.45, 7) is 0.318. The van der Waals surface area contributed by atoms with Crippen LogP contribution < -0.4 is 5.32 Å². The van der Waals surface area contributed by atoms with Crippen LogP contribution in [0.4, 0.5) is 0 Å². The van der Waals surface area contributed by atoms with Crippen LogP contribution in [0, 0.1) is 0 Å². The van der Waals surface area contributed by atoms with Crippen molar-refractivity contribution >= 4 is 5.91 Å². The quantitative estimate of drug-likeness (QED) is 0.770. The molecule has 4 heteroatoms.